The van der Waals surface area contributed by atoms with Gasteiger partial charge in [0.15, 0.2) is 0 Å². The first kappa shape index (κ1) is 25.5. The molecule has 8 heteroatoms. The van der Waals surface area contributed by atoms with Crippen molar-refractivity contribution in [2.24, 2.45) is 0 Å². The van der Waals surface area contributed by atoms with E-state index in [1.807, 2.05) is 45.0 Å². The molecule has 1 aliphatic heterocycles. The van der Waals surface area contributed by atoms with E-state index in [1.165, 1.54) is 0 Å². The number of nitrogens with one attached hydrogen (secondary N) is 2. The fraction of sp³-hybridized carbons (Fsp3) is 0.481. The van der Waals surface area contributed by atoms with Crippen LogP contribution in [0.15, 0.2) is 53.4 Å². The summed E-state index contributed by atoms with van der Waals surface area (Å²) in [5.74, 6) is 1.58. The number of nitrogens with zero attached hydrogens (tertiary/aromatic N) is 2. The summed E-state index contributed by atoms with van der Waals surface area (Å²) < 4.78 is 12.0. The van der Waals surface area contributed by atoms with Crippen LogP contribution >= 0.6 is 11.8 Å². The number of ether oxygens (including phenoxy) is 2. The monoisotopic (exact) mass is 496 g/mol. The molecule has 0 radical (unpaired) electrons. The topological polar surface area (TPSA) is 79.5 Å². The minimum absolute atomic E-state index is 0.193. The number of alkyl carbamates (subject to hydrolysis) is 1. The van der Waals surface area contributed by atoms with Gasteiger partial charge in [-0.25, -0.2) is 9.78 Å². The maximum absolute atomic E-state index is 11.9. The Morgan fingerprint density at radius 3 is 2.71 bits per heavy atom. The van der Waals surface area contributed by atoms with Crippen LogP contribution in [-0.4, -0.2) is 65.1 Å². The van der Waals surface area contributed by atoms with Crippen LogP contribution in [0.5, 0.6) is 0 Å². The normalized spacial score (nSPS) is 16.3. The van der Waals surface area contributed by atoms with Crippen LogP contribution in [0.25, 0.3) is 11.0 Å². The Bertz CT molecular complexity index is 1090. The third-order valence-electron chi connectivity index (χ3n) is 5.85. The largest absolute Gasteiger partial charge is 0.444 e. The van der Waals surface area contributed by atoms with Gasteiger partial charge in [-0.1, -0.05) is 24.3 Å². The number of likely N-dealkylation sites (tertiary alicyclic amines) is 1. The number of H-pyrrole nitrogens is 1. The van der Waals surface area contributed by atoms with Crippen LogP contribution < -0.4 is 5.32 Å². The summed E-state index contributed by atoms with van der Waals surface area (Å²) >= 11 is 1.70. The lowest BCUT2D eigenvalue weighted by Crippen LogP contribution is -2.35. The van der Waals surface area contributed by atoms with Gasteiger partial charge < -0.3 is 24.7 Å². The summed E-state index contributed by atoms with van der Waals surface area (Å²) in [6, 6.07) is 16.5. The van der Waals surface area contributed by atoms with Crippen molar-refractivity contribution in [2.75, 3.05) is 32.4 Å². The van der Waals surface area contributed by atoms with Crippen molar-refractivity contribution in [1.82, 2.24) is 20.2 Å². The van der Waals surface area contributed by atoms with Gasteiger partial charge in [-0.2, -0.15) is 0 Å². The molecule has 1 atom stereocenters. The Morgan fingerprint density at radius 1 is 1.20 bits per heavy atom. The quantitative estimate of drug-likeness (QED) is 0.322. The number of rotatable bonds is 8. The van der Waals surface area contributed by atoms with Crippen molar-refractivity contribution < 1.29 is 14.3 Å². The average molecular weight is 497 g/mol. The Hall–Kier alpha value is -2.55. The molecule has 1 fully saturated rings. The first-order valence-electron chi connectivity index (χ1n) is 12.2. The number of aromatic amines is 1. The third kappa shape index (κ3) is 7.46. The number of thioether (sulfide) groups is 1. The highest BCUT2D eigenvalue weighted by Gasteiger charge is 2.26. The van der Waals surface area contributed by atoms with Gasteiger partial charge in [0.05, 0.1) is 17.1 Å². The SMILES string of the molecule is CN1CCC(OC(c2cccc(SCCNC(=O)OC(C)(C)C)c2)c2nc3ccccc3[nH]2)CC1. The molecule has 2 aromatic carbocycles. The van der Waals surface area contributed by atoms with Gasteiger partial charge in [-0.3, -0.25) is 0 Å². The number of aromatic nitrogens is 2. The second kappa shape index (κ2) is 11.5. The number of hydrogen-bond acceptors (Lipinski definition) is 6. The second-order valence-electron chi connectivity index (χ2n) is 10.0. The minimum Gasteiger partial charge on any atom is -0.444 e. The predicted molar refractivity (Wildman–Crippen MR) is 141 cm³/mol. The Balaban J connectivity index is 1.46. The predicted octanol–water partition coefficient (Wildman–Crippen LogP) is 5.38. The molecule has 1 amide bonds. The smallest absolute Gasteiger partial charge is 0.407 e. The summed E-state index contributed by atoms with van der Waals surface area (Å²) in [6.45, 7) is 8.19. The third-order valence-corrected chi connectivity index (χ3v) is 6.85. The zero-order valence-corrected chi connectivity index (χ0v) is 21.9. The number of para-hydroxylation sites is 2. The van der Waals surface area contributed by atoms with Crippen LogP contribution in [0, 0.1) is 0 Å². The van der Waals surface area contributed by atoms with Crippen molar-refractivity contribution in [3.05, 3.63) is 59.9 Å². The fourth-order valence-corrected chi connectivity index (χ4v) is 4.95. The van der Waals surface area contributed by atoms with E-state index < -0.39 is 5.60 Å². The molecule has 3 aromatic rings. The summed E-state index contributed by atoms with van der Waals surface area (Å²) in [4.78, 5) is 23.7. The molecule has 35 heavy (non-hydrogen) atoms. The minimum atomic E-state index is -0.495. The fourth-order valence-electron chi connectivity index (χ4n) is 4.11. The zero-order chi connectivity index (χ0) is 24.8. The van der Waals surface area contributed by atoms with E-state index in [0.717, 1.165) is 59.0 Å². The van der Waals surface area contributed by atoms with Crippen LogP contribution in [-0.2, 0) is 9.47 Å². The standard InChI is InChI=1S/C27H36N4O3S/c1-27(2,3)34-26(32)28-14-17-35-21-9-7-8-19(18-21)24(33-20-12-15-31(4)16-13-20)25-29-22-10-5-6-11-23(22)30-25/h5-11,18,20,24H,12-17H2,1-4H3,(H,28,32)(H,29,30). The summed E-state index contributed by atoms with van der Waals surface area (Å²) in [5.41, 5.74) is 2.54. The molecular formula is C27H36N4O3S. The van der Waals surface area contributed by atoms with Gasteiger partial charge in [0.2, 0.25) is 0 Å². The second-order valence-corrected chi connectivity index (χ2v) is 11.2. The summed E-state index contributed by atoms with van der Waals surface area (Å²) in [6.07, 6.45) is 1.56. The van der Waals surface area contributed by atoms with Crippen molar-refractivity contribution in [3.63, 3.8) is 0 Å². The molecule has 0 bridgehead atoms. The van der Waals surface area contributed by atoms with Gasteiger partial charge in [0.1, 0.15) is 17.5 Å². The molecule has 1 saturated heterocycles. The van der Waals surface area contributed by atoms with E-state index in [2.05, 4.69) is 46.5 Å². The molecule has 1 unspecified atom stereocenters. The molecule has 2 N–H and O–H groups in total. The maximum atomic E-state index is 11.9. The van der Waals surface area contributed by atoms with Crippen LogP contribution in [0.1, 0.15) is 51.1 Å². The van der Waals surface area contributed by atoms with Gasteiger partial charge in [0, 0.05) is 30.3 Å². The van der Waals surface area contributed by atoms with E-state index in [9.17, 15) is 4.79 Å². The molecule has 0 saturated carbocycles. The summed E-state index contributed by atoms with van der Waals surface area (Å²) in [7, 11) is 2.16. The van der Waals surface area contributed by atoms with Crippen molar-refractivity contribution in [3.8, 4) is 0 Å². The summed E-state index contributed by atoms with van der Waals surface area (Å²) in [5, 5.41) is 2.82. The highest BCUT2D eigenvalue weighted by atomic mass is 32.2. The van der Waals surface area contributed by atoms with Gasteiger partial charge in [-0.05, 0) is 70.5 Å². The lowest BCUT2D eigenvalue weighted by atomic mass is 10.1. The molecule has 0 aliphatic carbocycles. The number of carbonyl (C=O) groups is 1. The molecule has 7 nitrogen and oxygen atoms in total. The lowest BCUT2D eigenvalue weighted by Gasteiger charge is -2.31. The van der Waals surface area contributed by atoms with E-state index in [-0.39, 0.29) is 18.3 Å². The molecule has 4 rings (SSSR count). The van der Waals surface area contributed by atoms with E-state index in [4.69, 9.17) is 14.5 Å². The van der Waals surface area contributed by atoms with Crippen LogP contribution in [0.3, 0.4) is 0 Å². The molecule has 2 heterocycles. The Labute approximate surface area is 212 Å². The molecular weight excluding hydrogens is 460 g/mol. The van der Waals surface area contributed by atoms with Gasteiger partial charge in [0.25, 0.3) is 0 Å². The first-order valence-corrected chi connectivity index (χ1v) is 13.2. The highest BCUT2D eigenvalue weighted by molar-refractivity contribution is 7.99. The van der Waals surface area contributed by atoms with Gasteiger partial charge >= 0.3 is 6.09 Å². The number of fused-ring (bicyclic) bond motifs is 1. The van der Waals surface area contributed by atoms with Gasteiger partial charge in [-0.15, -0.1) is 11.8 Å². The van der Waals surface area contributed by atoms with Crippen molar-refractivity contribution in [1.29, 1.82) is 0 Å². The molecule has 1 aliphatic rings. The number of imidazole rings is 1. The van der Waals surface area contributed by atoms with Crippen LogP contribution in [0.4, 0.5) is 4.79 Å². The number of amides is 1. The van der Waals surface area contributed by atoms with E-state index in [1.54, 1.807) is 11.8 Å². The molecule has 188 valence electrons. The Kier molecular flexibility index (Phi) is 8.36. The number of hydrogen-bond donors (Lipinski definition) is 2. The zero-order valence-electron chi connectivity index (χ0n) is 21.0. The van der Waals surface area contributed by atoms with Crippen molar-refractivity contribution >= 4 is 28.9 Å². The Morgan fingerprint density at radius 2 is 1.97 bits per heavy atom. The van der Waals surface area contributed by atoms with Crippen molar-refractivity contribution in [2.45, 2.75) is 56.3 Å². The van der Waals surface area contributed by atoms with Crippen LogP contribution in [0.2, 0.25) is 0 Å². The molecule has 1 aromatic heterocycles. The first-order chi connectivity index (χ1) is 16.8. The number of carbonyl (C=O) groups excluding carboxylic acids is 1. The molecule has 0 spiro atoms. The average Bonchev–Trinajstić information content (AvgIpc) is 3.24. The lowest BCUT2D eigenvalue weighted by molar-refractivity contribution is -0.0264. The van der Waals surface area contributed by atoms with E-state index in [0.29, 0.717) is 6.54 Å². The number of piperidine rings is 1. The highest BCUT2D eigenvalue weighted by Crippen LogP contribution is 2.32. The maximum Gasteiger partial charge on any atom is 0.407 e. The number of benzene rings is 2. The van der Waals surface area contributed by atoms with E-state index >= 15 is 0 Å².